The highest BCUT2D eigenvalue weighted by atomic mass is 35.5. The Kier molecular flexibility index (Phi) is 12.9. The number of halogens is 1. The Balaban J connectivity index is 1.87. The van der Waals surface area contributed by atoms with Gasteiger partial charge in [0.15, 0.2) is 11.5 Å². The molecular weight excluding hydrogens is 666 g/mol. The lowest BCUT2D eigenvalue weighted by molar-refractivity contribution is -0.140. The van der Waals surface area contributed by atoms with Crippen molar-refractivity contribution < 1.29 is 32.2 Å². The van der Waals surface area contributed by atoms with Gasteiger partial charge in [0.1, 0.15) is 18.3 Å². The van der Waals surface area contributed by atoms with Gasteiger partial charge >= 0.3 is 0 Å². The molecule has 2 amide bonds. The zero-order chi connectivity index (χ0) is 35.6. The van der Waals surface area contributed by atoms with Crippen LogP contribution in [0.1, 0.15) is 30.0 Å². The van der Waals surface area contributed by atoms with Gasteiger partial charge < -0.3 is 24.4 Å². The van der Waals surface area contributed by atoms with E-state index in [9.17, 15) is 18.0 Å². The van der Waals surface area contributed by atoms with E-state index in [-0.39, 0.29) is 46.0 Å². The number of methoxy groups -OCH3 is 3. The summed E-state index contributed by atoms with van der Waals surface area (Å²) < 4.78 is 46.3. The van der Waals surface area contributed by atoms with Gasteiger partial charge in [-0.2, -0.15) is 0 Å². The number of rotatable bonds is 16. The Morgan fingerprint density at radius 3 is 2.10 bits per heavy atom. The SMILES string of the molecule is CCCNC(=O)C(Cc1ccccc1)N(Cc1ccc(C)cc1)C(=O)CN(c1cc(Cl)ccc1OC)S(=O)(=O)c1ccc(OC)c(OC)c1. The average Bonchev–Trinajstić information content (AvgIpc) is 3.11. The molecule has 49 heavy (non-hydrogen) atoms. The summed E-state index contributed by atoms with van der Waals surface area (Å²) in [6, 6.07) is 24.7. The Bertz CT molecular complexity index is 1840. The molecular formula is C37H42ClN3O7S. The zero-order valence-corrected chi connectivity index (χ0v) is 29.9. The van der Waals surface area contributed by atoms with Crippen LogP contribution < -0.4 is 23.8 Å². The second-order valence-corrected chi connectivity index (χ2v) is 13.6. The van der Waals surface area contributed by atoms with E-state index in [1.807, 2.05) is 68.4 Å². The number of ether oxygens (including phenoxy) is 3. The molecule has 0 aromatic heterocycles. The van der Waals surface area contributed by atoms with Gasteiger partial charge in [-0.05, 0) is 54.8 Å². The summed E-state index contributed by atoms with van der Waals surface area (Å²) >= 11 is 6.39. The molecule has 0 saturated heterocycles. The minimum atomic E-state index is -4.48. The van der Waals surface area contributed by atoms with Gasteiger partial charge in [-0.3, -0.25) is 13.9 Å². The highest BCUT2D eigenvalue weighted by Gasteiger charge is 2.36. The molecule has 1 unspecified atom stereocenters. The molecule has 10 nitrogen and oxygen atoms in total. The Labute approximate surface area is 293 Å². The minimum absolute atomic E-state index is 0.0449. The third kappa shape index (κ3) is 9.24. The number of carbonyl (C=O) groups excluding carboxylic acids is 2. The van der Waals surface area contributed by atoms with Gasteiger partial charge in [-0.15, -0.1) is 0 Å². The Morgan fingerprint density at radius 2 is 1.47 bits per heavy atom. The molecule has 0 bridgehead atoms. The van der Waals surface area contributed by atoms with Crippen LogP contribution in [0.25, 0.3) is 0 Å². The monoisotopic (exact) mass is 707 g/mol. The van der Waals surface area contributed by atoms with Gasteiger partial charge in [0.2, 0.25) is 11.8 Å². The summed E-state index contributed by atoms with van der Waals surface area (Å²) in [4.78, 5) is 29.8. The van der Waals surface area contributed by atoms with Crippen molar-refractivity contribution in [1.82, 2.24) is 10.2 Å². The van der Waals surface area contributed by atoms with Crippen molar-refractivity contribution in [3.63, 3.8) is 0 Å². The van der Waals surface area contributed by atoms with Crippen molar-refractivity contribution in [3.05, 3.63) is 113 Å². The van der Waals surface area contributed by atoms with Crippen molar-refractivity contribution >= 4 is 39.1 Å². The third-order valence-electron chi connectivity index (χ3n) is 7.93. The van der Waals surface area contributed by atoms with Crippen LogP contribution in [-0.2, 0) is 32.6 Å². The van der Waals surface area contributed by atoms with Crippen molar-refractivity contribution in [2.24, 2.45) is 0 Å². The quantitative estimate of drug-likeness (QED) is 0.151. The van der Waals surface area contributed by atoms with Crippen molar-refractivity contribution in [2.45, 2.75) is 44.2 Å². The van der Waals surface area contributed by atoms with E-state index in [1.165, 1.54) is 56.6 Å². The van der Waals surface area contributed by atoms with E-state index in [0.717, 1.165) is 21.0 Å². The third-order valence-corrected chi connectivity index (χ3v) is 9.92. The Morgan fingerprint density at radius 1 is 0.816 bits per heavy atom. The predicted octanol–water partition coefficient (Wildman–Crippen LogP) is 6.04. The summed E-state index contributed by atoms with van der Waals surface area (Å²) in [5.74, 6) is -0.271. The normalized spacial score (nSPS) is 11.7. The molecule has 260 valence electrons. The van der Waals surface area contributed by atoms with Crippen LogP contribution in [0, 0.1) is 6.92 Å². The largest absolute Gasteiger partial charge is 0.495 e. The molecule has 4 rings (SSSR count). The lowest BCUT2D eigenvalue weighted by atomic mass is 10.0. The number of anilines is 1. The fourth-order valence-corrected chi connectivity index (χ4v) is 6.88. The number of hydrogen-bond acceptors (Lipinski definition) is 7. The number of amides is 2. The van der Waals surface area contributed by atoms with Crippen LogP contribution in [0.5, 0.6) is 17.2 Å². The Hall–Kier alpha value is -4.74. The lowest BCUT2D eigenvalue weighted by Gasteiger charge is -2.34. The van der Waals surface area contributed by atoms with E-state index in [4.69, 9.17) is 25.8 Å². The molecule has 4 aromatic carbocycles. The van der Waals surface area contributed by atoms with Crippen LogP contribution in [-0.4, -0.2) is 65.6 Å². The van der Waals surface area contributed by atoms with E-state index in [1.54, 1.807) is 6.07 Å². The number of aryl methyl sites for hydroxylation is 1. The minimum Gasteiger partial charge on any atom is -0.495 e. The van der Waals surface area contributed by atoms with Crippen LogP contribution in [0.2, 0.25) is 5.02 Å². The summed E-state index contributed by atoms with van der Waals surface area (Å²) in [6.45, 7) is 3.68. The van der Waals surface area contributed by atoms with Crippen molar-refractivity contribution in [2.75, 3.05) is 38.7 Å². The molecule has 0 aliphatic heterocycles. The fourth-order valence-electron chi connectivity index (χ4n) is 5.29. The topological polar surface area (TPSA) is 114 Å². The first-order chi connectivity index (χ1) is 23.5. The van der Waals surface area contributed by atoms with Crippen LogP contribution in [0.15, 0.2) is 95.9 Å². The first-order valence-electron chi connectivity index (χ1n) is 15.8. The second-order valence-electron chi connectivity index (χ2n) is 11.3. The number of nitrogens with one attached hydrogen (secondary N) is 1. The molecule has 0 fully saturated rings. The standard InChI is InChI=1S/C37H42ClN3O7S/c1-6-20-39-37(43)32(21-27-10-8-7-9-11-27)40(24-28-14-12-26(2)13-15-28)36(42)25-41(31-22-29(38)16-18-33(31)46-3)49(44,45)30-17-19-34(47-4)35(23-30)48-5/h7-19,22-23,32H,6,20-21,24-25H2,1-5H3,(H,39,43). The molecule has 1 N–H and O–H groups in total. The van der Waals surface area contributed by atoms with E-state index in [2.05, 4.69) is 5.32 Å². The average molecular weight is 708 g/mol. The first-order valence-corrected chi connectivity index (χ1v) is 17.6. The van der Waals surface area contributed by atoms with E-state index in [0.29, 0.717) is 18.7 Å². The number of sulfonamides is 1. The highest BCUT2D eigenvalue weighted by Crippen LogP contribution is 2.37. The van der Waals surface area contributed by atoms with E-state index < -0.39 is 28.5 Å². The molecule has 0 saturated carbocycles. The summed E-state index contributed by atoms with van der Waals surface area (Å²) in [5, 5.41) is 3.18. The summed E-state index contributed by atoms with van der Waals surface area (Å²) in [6.07, 6.45) is 0.901. The van der Waals surface area contributed by atoms with Gasteiger partial charge in [-0.25, -0.2) is 8.42 Å². The number of benzene rings is 4. The molecule has 0 aliphatic rings. The number of hydrogen-bond donors (Lipinski definition) is 1. The number of carbonyl (C=O) groups is 2. The first kappa shape index (κ1) is 37.1. The van der Waals surface area contributed by atoms with Crippen LogP contribution >= 0.6 is 11.6 Å². The zero-order valence-electron chi connectivity index (χ0n) is 28.3. The summed E-state index contributed by atoms with van der Waals surface area (Å²) in [7, 11) is -0.239. The predicted molar refractivity (Wildman–Crippen MR) is 191 cm³/mol. The molecule has 0 aliphatic carbocycles. The van der Waals surface area contributed by atoms with Crippen LogP contribution in [0.3, 0.4) is 0 Å². The van der Waals surface area contributed by atoms with Gasteiger partial charge in [-0.1, -0.05) is 78.7 Å². The van der Waals surface area contributed by atoms with Crippen LogP contribution in [0.4, 0.5) is 5.69 Å². The lowest BCUT2D eigenvalue weighted by Crippen LogP contribution is -2.53. The maximum atomic E-state index is 14.7. The highest BCUT2D eigenvalue weighted by molar-refractivity contribution is 7.92. The second kappa shape index (κ2) is 17.1. The van der Waals surface area contributed by atoms with Gasteiger partial charge in [0.05, 0.1) is 31.9 Å². The van der Waals surface area contributed by atoms with Gasteiger partial charge in [0.25, 0.3) is 10.0 Å². The molecule has 1 atom stereocenters. The molecule has 0 heterocycles. The fraction of sp³-hybridized carbons (Fsp3) is 0.297. The molecule has 4 aromatic rings. The molecule has 0 radical (unpaired) electrons. The van der Waals surface area contributed by atoms with Crippen molar-refractivity contribution in [3.8, 4) is 17.2 Å². The number of nitrogens with zero attached hydrogens (tertiary/aromatic N) is 2. The molecule has 0 spiro atoms. The van der Waals surface area contributed by atoms with Crippen molar-refractivity contribution in [1.29, 1.82) is 0 Å². The van der Waals surface area contributed by atoms with E-state index >= 15 is 0 Å². The maximum absolute atomic E-state index is 14.7. The van der Waals surface area contributed by atoms with Gasteiger partial charge in [0, 0.05) is 30.6 Å². The molecule has 12 heteroatoms. The maximum Gasteiger partial charge on any atom is 0.265 e. The smallest absolute Gasteiger partial charge is 0.265 e. The summed E-state index contributed by atoms with van der Waals surface area (Å²) in [5.41, 5.74) is 2.69.